The molecular weight excluding hydrogens is 248 g/mol. The van der Waals surface area contributed by atoms with Crippen LogP contribution in [0.15, 0.2) is 60.7 Å². The summed E-state index contributed by atoms with van der Waals surface area (Å²) >= 11 is 0. The summed E-state index contributed by atoms with van der Waals surface area (Å²) in [5.74, 6) is 0.849. The van der Waals surface area contributed by atoms with Gasteiger partial charge >= 0.3 is 0 Å². The summed E-state index contributed by atoms with van der Waals surface area (Å²) in [7, 11) is 0. The highest BCUT2D eigenvalue weighted by Gasteiger charge is 2.00. The molecule has 0 radical (unpaired) electrons. The molecule has 0 amide bonds. The second-order valence-corrected chi connectivity index (χ2v) is 4.89. The van der Waals surface area contributed by atoms with Crippen LogP contribution in [-0.2, 0) is 6.61 Å². The first-order valence-corrected chi connectivity index (χ1v) is 6.79. The fraction of sp³-hybridized carbons (Fsp3) is 0.222. The molecule has 0 fully saturated rings. The van der Waals surface area contributed by atoms with Crippen molar-refractivity contribution in [3.8, 4) is 5.75 Å². The summed E-state index contributed by atoms with van der Waals surface area (Å²) in [5.41, 5.74) is 3.31. The highest BCUT2D eigenvalue weighted by Crippen LogP contribution is 2.19. The van der Waals surface area contributed by atoms with Crippen molar-refractivity contribution in [2.45, 2.75) is 26.6 Å². The fourth-order valence-electron chi connectivity index (χ4n) is 2.01. The van der Waals surface area contributed by atoms with Crippen LogP contribution < -0.4 is 4.74 Å². The molecule has 1 atom stereocenters. The highest BCUT2D eigenvalue weighted by atomic mass is 16.5. The quantitative estimate of drug-likeness (QED) is 0.886. The molecule has 1 N–H and O–H groups in total. The van der Waals surface area contributed by atoms with Gasteiger partial charge in [-0.05, 0) is 42.7 Å². The zero-order valence-corrected chi connectivity index (χ0v) is 11.9. The van der Waals surface area contributed by atoms with Gasteiger partial charge in [0.1, 0.15) is 12.4 Å². The zero-order chi connectivity index (χ0) is 14.4. The summed E-state index contributed by atoms with van der Waals surface area (Å²) in [6.07, 6.45) is 1.41. The Morgan fingerprint density at radius 3 is 2.35 bits per heavy atom. The van der Waals surface area contributed by atoms with Crippen LogP contribution >= 0.6 is 0 Å². The molecule has 20 heavy (non-hydrogen) atoms. The Hall–Kier alpha value is -2.06. The molecule has 2 aromatic carbocycles. The monoisotopic (exact) mass is 268 g/mol. The molecule has 1 unspecified atom stereocenters. The molecule has 0 aromatic heterocycles. The van der Waals surface area contributed by atoms with Gasteiger partial charge in [-0.15, -0.1) is 0 Å². The van der Waals surface area contributed by atoms with Crippen molar-refractivity contribution in [1.82, 2.24) is 0 Å². The minimum atomic E-state index is -0.427. The normalized spacial score (nSPS) is 13.1. The fourth-order valence-corrected chi connectivity index (χ4v) is 2.01. The molecule has 2 nitrogen and oxygen atoms in total. The second kappa shape index (κ2) is 6.92. The average Bonchev–Trinajstić information content (AvgIpc) is 2.46. The number of benzene rings is 2. The zero-order valence-electron chi connectivity index (χ0n) is 11.9. The van der Waals surface area contributed by atoms with E-state index in [1.807, 2.05) is 67.6 Å². The summed E-state index contributed by atoms with van der Waals surface area (Å²) < 4.78 is 5.74. The number of hydrogen-bond donors (Lipinski definition) is 1. The largest absolute Gasteiger partial charge is 0.489 e. The SMILES string of the molecule is C/C(=C/C(C)O)c1ccc(OCc2ccccc2)cc1. The van der Waals surface area contributed by atoms with Crippen LogP contribution in [0.1, 0.15) is 25.0 Å². The van der Waals surface area contributed by atoms with Crippen LogP contribution in [0.4, 0.5) is 0 Å². The van der Waals surface area contributed by atoms with E-state index in [9.17, 15) is 5.11 Å². The van der Waals surface area contributed by atoms with Gasteiger partial charge in [-0.2, -0.15) is 0 Å². The molecular formula is C18H20O2. The summed E-state index contributed by atoms with van der Waals surface area (Å²) in [4.78, 5) is 0. The van der Waals surface area contributed by atoms with E-state index in [0.29, 0.717) is 6.61 Å². The van der Waals surface area contributed by atoms with Crippen molar-refractivity contribution in [2.75, 3.05) is 0 Å². The van der Waals surface area contributed by atoms with Gasteiger partial charge < -0.3 is 9.84 Å². The van der Waals surface area contributed by atoms with Crippen molar-refractivity contribution in [3.63, 3.8) is 0 Å². The standard InChI is InChI=1S/C18H20O2/c1-14(12-15(2)19)17-8-10-18(11-9-17)20-13-16-6-4-3-5-7-16/h3-12,15,19H,13H2,1-2H3/b14-12-. The lowest BCUT2D eigenvalue weighted by Crippen LogP contribution is -1.96. The third kappa shape index (κ3) is 4.25. The van der Waals surface area contributed by atoms with Crippen LogP contribution in [0.3, 0.4) is 0 Å². The van der Waals surface area contributed by atoms with Gasteiger partial charge in [0, 0.05) is 0 Å². The maximum absolute atomic E-state index is 9.35. The Balaban J connectivity index is 1.98. The number of aliphatic hydroxyl groups excluding tert-OH is 1. The smallest absolute Gasteiger partial charge is 0.119 e. The molecule has 0 spiro atoms. The van der Waals surface area contributed by atoms with Crippen LogP contribution in [0.5, 0.6) is 5.75 Å². The second-order valence-electron chi connectivity index (χ2n) is 4.89. The predicted molar refractivity (Wildman–Crippen MR) is 82.5 cm³/mol. The van der Waals surface area contributed by atoms with E-state index in [1.54, 1.807) is 6.92 Å². The van der Waals surface area contributed by atoms with Gasteiger partial charge in [0.15, 0.2) is 0 Å². The summed E-state index contributed by atoms with van der Waals surface area (Å²) in [6, 6.07) is 18.0. The average molecular weight is 268 g/mol. The topological polar surface area (TPSA) is 29.5 Å². The van der Waals surface area contributed by atoms with E-state index < -0.39 is 6.10 Å². The molecule has 0 aliphatic carbocycles. The lowest BCUT2D eigenvalue weighted by Gasteiger charge is -2.08. The molecule has 2 rings (SSSR count). The summed E-state index contributed by atoms with van der Waals surface area (Å²) in [5, 5.41) is 9.35. The van der Waals surface area contributed by atoms with Gasteiger partial charge in [-0.25, -0.2) is 0 Å². The molecule has 0 aliphatic heterocycles. The van der Waals surface area contributed by atoms with Crippen LogP contribution in [0, 0.1) is 0 Å². The van der Waals surface area contributed by atoms with Crippen molar-refractivity contribution in [3.05, 3.63) is 71.8 Å². The lowest BCUT2D eigenvalue weighted by molar-refractivity contribution is 0.244. The molecule has 104 valence electrons. The third-order valence-corrected chi connectivity index (χ3v) is 3.05. The van der Waals surface area contributed by atoms with E-state index in [1.165, 1.54) is 0 Å². The minimum Gasteiger partial charge on any atom is -0.489 e. The van der Waals surface area contributed by atoms with E-state index in [4.69, 9.17) is 4.74 Å². The van der Waals surface area contributed by atoms with Crippen LogP contribution in [0.25, 0.3) is 5.57 Å². The highest BCUT2D eigenvalue weighted by molar-refractivity contribution is 5.64. The molecule has 0 aliphatic rings. The van der Waals surface area contributed by atoms with Gasteiger partial charge in [-0.3, -0.25) is 0 Å². The molecule has 0 bridgehead atoms. The number of rotatable bonds is 5. The number of aliphatic hydroxyl groups is 1. The maximum atomic E-state index is 9.35. The Morgan fingerprint density at radius 2 is 1.75 bits per heavy atom. The maximum Gasteiger partial charge on any atom is 0.119 e. The molecule has 0 heterocycles. The lowest BCUT2D eigenvalue weighted by atomic mass is 10.1. The van der Waals surface area contributed by atoms with Gasteiger partial charge in [0.05, 0.1) is 6.10 Å². The number of hydrogen-bond acceptors (Lipinski definition) is 2. The molecule has 2 heteroatoms. The molecule has 0 saturated carbocycles. The van der Waals surface area contributed by atoms with Gasteiger partial charge in [0.25, 0.3) is 0 Å². The molecule has 2 aromatic rings. The summed E-state index contributed by atoms with van der Waals surface area (Å²) in [6.45, 7) is 4.32. The van der Waals surface area contributed by atoms with Crippen molar-refractivity contribution in [1.29, 1.82) is 0 Å². The minimum absolute atomic E-state index is 0.427. The Labute approximate surface area is 120 Å². The first kappa shape index (κ1) is 14.4. The number of allylic oxidation sites excluding steroid dienone is 1. The van der Waals surface area contributed by atoms with Gasteiger partial charge in [-0.1, -0.05) is 48.5 Å². The Morgan fingerprint density at radius 1 is 1.10 bits per heavy atom. The molecule has 0 saturated heterocycles. The third-order valence-electron chi connectivity index (χ3n) is 3.05. The van der Waals surface area contributed by atoms with Crippen molar-refractivity contribution in [2.24, 2.45) is 0 Å². The van der Waals surface area contributed by atoms with E-state index >= 15 is 0 Å². The van der Waals surface area contributed by atoms with E-state index in [-0.39, 0.29) is 0 Å². The van der Waals surface area contributed by atoms with Crippen molar-refractivity contribution >= 4 is 5.57 Å². The van der Waals surface area contributed by atoms with E-state index in [0.717, 1.165) is 22.4 Å². The van der Waals surface area contributed by atoms with Crippen LogP contribution in [0.2, 0.25) is 0 Å². The van der Waals surface area contributed by atoms with Crippen molar-refractivity contribution < 1.29 is 9.84 Å². The van der Waals surface area contributed by atoms with Gasteiger partial charge in [0.2, 0.25) is 0 Å². The first-order valence-electron chi connectivity index (χ1n) is 6.79. The van der Waals surface area contributed by atoms with E-state index in [2.05, 4.69) is 0 Å². The predicted octanol–water partition coefficient (Wildman–Crippen LogP) is 4.05. The Kier molecular flexibility index (Phi) is 4.97. The Bertz CT molecular complexity index is 554. The first-order chi connectivity index (χ1) is 9.65. The van der Waals surface area contributed by atoms with Crippen LogP contribution in [-0.4, -0.2) is 11.2 Å². The number of ether oxygens (including phenoxy) is 1.